The van der Waals surface area contributed by atoms with Gasteiger partial charge in [0.15, 0.2) is 5.11 Å². The zero-order valence-corrected chi connectivity index (χ0v) is 17.3. The fraction of sp³-hybridized carbons (Fsp3) is 0.333. The third-order valence-corrected chi connectivity index (χ3v) is 6.57. The number of rotatable bonds is 5. The van der Waals surface area contributed by atoms with Gasteiger partial charge in [-0.1, -0.05) is 49.2 Å². The minimum atomic E-state index is 0.0480. The van der Waals surface area contributed by atoms with E-state index < -0.39 is 0 Å². The molecule has 2 atom stereocenters. The Labute approximate surface area is 177 Å². The third-order valence-electron chi connectivity index (χ3n) is 6.22. The molecule has 0 spiro atoms. The summed E-state index contributed by atoms with van der Waals surface area (Å²) in [6, 6.07) is 19.7. The van der Waals surface area contributed by atoms with Gasteiger partial charge in [-0.15, -0.1) is 0 Å². The first kappa shape index (κ1) is 18.4. The lowest BCUT2D eigenvalue weighted by molar-refractivity contribution is 0.310. The Morgan fingerprint density at radius 1 is 1.00 bits per heavy atom. The monoisotopic (exact) mass is 402 g/mol. The van der Waals surface area contributed by atoms with Gasteiger partial charge >= 0.3 is 0 Å². The summed E-state index contributed by atoms with van der Waals surface area (Å²) in [7, 11) is 0. The predicted molar refractivity (Wildman–Crippen MR) is 119 cm³/mol. The van der Waals surface area contributed by atoms with Gasteiger partial charge in [0.05, 0.1) is 17.8 Å². The summed E-state index contributed by atoms with van der Waals surface area (Å²) in [5.74, 6) is 0. The summed E-state index contributed by atoms with van der Waals surface area (Å²) >= 11 is 5.79. The van der Waals surface area contributed by atoms with E-state index in [9.17, 15) is 0 Å². The van der Waals surface area contributed by atoms with Crippen molar-refractivity contribution in [3.8, 4) is 0 Å². The van der Waals surface area contributed by atoms with Crippen molar-refractivity contribution in [1.29, 1.82) is 0 Å². The van der Waals surface area contributed by atoms with E-state index >= 15 is 0 Å². The number of hydrogen-bond acceptors (Lipinski definition) is 2. The topological polar surface area (TPSA) is 33.1 Å². The van der Waals surface area contributed by atoms with E-state index in [1.54, 1.807) is 0 Å². The third kappa shape index (κ3) is 3.67. The van der Waals surface area contributed by atoms with E-state index in [1.165, 1.54) is 36.8 Å². The highest BCUT2D eigenvalue weighted by atomic mass is 32.1. The maximum atomic E-state index is 5.79. The normalized spacial score (nSPS) is 22.2. The molecule has 2 fully saturated rings. The number of nitrogens with one attached hydrogen (secondary N) is 1. The number of nitrogens with zero attached hydrogens (tertiary/aromatic N) is 3. The first-order valence-corrected chi connectivity index (χ1v) is 10.9. The Kier molecular flexibility index (Phi) is 5.06. The average Bonchev–Trinajstić information content (AvgIpc) is 3.50. The van der Waals surface area contributed by atoms with Gasteiger partial charge in [-0.25, -0.2) is 0 Å². The number of aromatic nitrogens is 2. The van der Waals surface area contributed by atoms with Gasteiger partial charge in [0, 0.05) is 31.2 Å². The van der Waals surface area contributed by atoms with Crippen molar-refractivity contribution in [3.05, 3.63) is 90.0 Å². The molecule has 1 aliphatic heterocycles. The van der Waals surface area contributed by atoms with Crippen LogP contribution >= 0.6 is 12.2 Å². The quantitative estimate of drug-likeness (QED) is 0.597. The van der Waals surface area contributed by atoms with E-state index in [1.807, 2.05) is 18.3 Å². The molecule has 2 unspecified atom stereocenters. The SMILES string of the molecule is S=C1NC(c2ccccn2)C(c2ccn(C3CCCC3)c2)N1Cc1ccccc1. The minimum Gasteiger partial charge on any atom is -0.352 e. The predicted octanol–water partition coefficient (Wildman–Crippen LogP) is 5.17. The average molecular weight is 403 g/mol. The van der Waals surface area contributed by atoms with Gasteiger partial charge in [0.1, 0.15) is 0 Å². The Bertz CT molecular complexity index is 963. The highest BCUT2D eigenvalue weighted by Crippen LogP contribution is 2.40. The smallest absolute Gasteiger partial charge is 0.170 e. The van der Waals surface area contributed by atoms with Crippen LogP contribution in [0.25, 0.3) is 0 Å². The van der Waals surface area contributed by atoms with Crippen LogP contribution in [-0.2, 0) is 6.54 Å². The highest BCUT2D eigenvalue weighted by Gasteiger charge is 2.40. The van der Waals surface area contributed by atoms with E-state index in [4.69, 9.17) is 12.2 Å². The fourth-order valence-corrected chi connectivity index (χ4v) is 5.06. The molecule has 1 saturated heterocycles. The van der Waals surface area contributed by atoms with Crippen molar-refractivity contribution >= 4 is 17.3 Å². The summed E-state index contributed by atoms with van der Waals surface area (Å²) in [5, 5.41) is 4.35. The van der Waals surface area contributed by atoms with E-state index in [0.717, 1.165) is 17.4 Å². The number of thiocarbonyl (C=S) groups is 1. The van der Waals surface area contributed by atoms with Crippen LogP contribution in [0.15, 0.2) is 73.2 Å². The summed E-state index contributed by atoms with van der Waals surface area (Å²) in [5.41, 5.74) is 3.60. The summed E-state index contributed by atoms with van der Waals surface area (Å²) < 4.78 is 2.42. The zero-order chi connectivity index (χ0) is 19.6. The van der Waals surface area contributed by atoms with Crippen LogP contribution in [0.5, 0.6) is 0 Å². The van der Waals surface area contributed by atoms with Crippen LogP contribution in [-0.4, -0.2) is 19.6 Å². The molecule has 0 radical (unpaired) electrons. The van der Waals surface area contributed by atoms with E-state index in [0.29, 0.717) is 6.04 Å². The van der Waals surface area contributed by atoms with Gasteiger partial charge in [0.25, 0.3) is 0 Å². The van der Waals surface area contributed by atoms with Crippen molar-refractivity contribution in [1.82, 2.24) is 19.8 Å². The lowest BCUT2D eigenvalue weighted by Crippen LogP contribution is -2.29. The summed E-state index contributed by atoms with van der Waals surface area (Å²) in [6.07, 6.45) is 11.7. The van der Waals surface area contributed by atoms with Gasteiger partial charge in [-0.05, 0) is 54.4 Å². The molecule has 148 valence electrons. The van der Waals surface area contributed by atoms with Crippen molar-refractivity contribution in [3.63, 3.8) is 0 Å². The molecule has 2 aliphatic rings. The van der Waals surface area contributed by atoms with Gasteiger partial charge < -0.3 is 14.8 Å². The molecule has 2 aromatic heterocycles. The van der Waals surface area contributed by atoms with Gasteiger partial charge in [0.2, 0.25) is 0 Å². The van der Waals surface area contributed by atoms with Crippen LogP contribution in [0.1, 0.15) is 60.6 Å². The zero-order valence-electron chi connectivity index (χ0n) is 16.4. The van der Waals surface area contributed by atoms with Crippen LogP contribution in [0, 0.1) is 0 Å². The first-order valence-electron chi connectivity index (χ1n) is 10.5. The van der Waals surface area contributed by atoms with Crippen LogP contribution in [0.3, 0.4) is 0 Å². The lowest BCUT2D eigenvalue weighted by atomic mass is 9.98. The molecule has 3 aromatic rings. The fourth-order valence-electron chi connectivity index (χ4n) is 4.75. The summed E-state index contributed by atoms with van der Waals surface area (Å²) in [4.78, 5) is 6.96. The first-order chi connectivity index (χ1) is 14.3. The largest absolute Gasteiger partial charge is 0.352 e. The maximum absolute atomic E-state index is 5.79. The van der Waals surface area contributed by atoms with E-state index in [2.05, 4.69) is 74.6 Å². The Balaban J connectivity index is 1.50. The Morgan fingerprint density at radius 2 is 1.79 bits per heavy atom. The van der Waals surface area contributed by atoms with E-state index in [-0.39, 0.29) is 12.1 Å². The number of benzene rings is 1. The Morgan fingerprint density at radius 3 is 2.55 bits per heavy atom. The van der Waals surface area contributed by atoms with Crippen LogP contribution in [0.2, 0.25) is 0 Å². The Hall–Kier alpha value is -2.66. The molecule has 0 bridgehead atoms. The number of hydrogen-bond donors (Lipinski definition) is 1. The molecule has 5 heteroatoms. The molecule has 1 saturated carbocycles. The second kappa shape index (κ2) is 7.99. The molecular weight excluding hydrogens is 376 g/mol. The maximum Gasteiger partial charge on any atom is 0.170 e. The molecule has 4 nitrogen and oxygen atoms in total. The molecular formula is C24H26N4S. The van der Waals surface area contributed by atoms with Gasteiger partial charge in [-0.2, -0.15) is 0 Å². The minimum absolute atomic E-state index is 0.0480. The molecule has 1 N–H and O–H groups in total. The highest BCUT2D eigenvalue weighted by molar-refractivity contribution is 7.80. The molecule has 5 rings (SSSR count). The van der Waals surface area contributed by atoms with Crippen molar-refractivity contribution in [2.24, 2.45) is 0 Å². The molecule has 0 amide bonds. The molecule has 3 heterocycles. The van der Waals surface area contributed by atoms with Crippen LogP contribution < -0.4 is 5.32 Å². The van der Waals surface area contributed by atoms with Crippen LogP contribution in [0.4, 0.5) is 0 Å². The molecule has 1 aliphatic carbocycles. The van der Waals surface area contributed by atoms with Crippen molar-refractivity contribution < 1.29 is 0 Å². The standard InChI is InChI=1S/C24H26N4S/c29-24-26-22(21-12-6-7-14-25-21)23(28(24)16-18-8-2-1-3-9-18)19-13-15-27(17-19)20-10-4-5-11-20/h1-3,6-9,12-15,17,20,22-23H,4-5,10-11,16H2,(H,26,29). The second-order valence-corrected chi connectivity index (χ2v) is 8.46. The number of pyridine rings is 1. The molecule has 29 heavy (non-hydrogen) atoms. The lowest BCUT2D eigenvalue weighted by Gasteiger charge is -2.27. The molecule has 1 aromatic carbocycles. The second-order valence-electron chi connectivity index (χ2n) is 8.07. The van der Waals surface area contributed by atoms with Crippen molar-refractivity contribution in [2.75, 3.05) is 0 Å². The van der Waals surface area contributed by atoms with Gasteiger partial charge in [-0.3, -0.25) is 4.98 Å². The summed E-state index contributed by atoms with van der Waals surface area (Å²) in [6.45, 7) is 0.787. The van der Waals surface area contributed by atoms with Crippen molar-refractivity contribution in [2.45, 2.75) is 50.4 Å².